The number of halogens is 1. The Bertz CT molecular complexity index is 378. The standard InChI is InChI=1S/C15H23FN2O/c1-17-7-10-18-8-5-15(6-9-18)19-12-13-3-2-4-14(16)11-13/h2-4,11,15,17H,5-10,12H2,1H3. The van der Waals surface area contributed by atoms with Gasteiger partial charge in [0.05, 0.1) is 12.7 Å². The van der Waals surface area contributed by atoms with Gasteiger partial charge in [0.25, 0.3) is 0 Å². The summed E-state index contributed by atoms with van der Waals surface area (Å²) in [5, 5.41) is 3.17. The summed E-state index contributed by atoms with van der Waals surface area (Å²) >= 11 is 0. The lowest BCUT2D eigenvalue weighted by Crippen LogP contribution is -2.40. The van der Waals surface area contributed by atoms with Gasteiger partial charge in [-0.25, -0.2) is 4.39 Å². The molecule has 1 heterocycles. The summed E-state index contributed by atoms with van der Waals surface area (Å²) in [6.07, 6.45) is 2.45. The number of ether oxygens (including phenoxy) is 1. The molecular formula is C15H23FN2O. The smallest absolute Gasteiger partial charge is 0.123 e. The summed E-state index contributed by atoms with van der Waals surface area (Å²) in [7, 11) is 1.98. The number of rotatable bonds is 6. The van der Waals surface area contributed by atoms with Gasteiger partial charge in [-0.2, -0.15) is 0 Å². The number of hydrogen-bond donors (Lipinski definition) is 1. The third-order valence-electron chi connectivity index (χ3n) is 3.59. The second-order valence-corrected chi connectivity index (χ2v) is 5.09. The van der Waals surface area contributed by atoms with E-state index >= 15 is 0 Å². The molecule has 1 aliphatic heterocycles. The predicted octanol–water partition coefficient (Wildman–Crippen LogP) is 2.03. The highest BCUT2D eigenvalue weighted by atomic mass is 19.1. The fourth-order valence-electron chi connectivity index (χ4n) is 2.41. The third-order valence-corrected chi connectivity index (χ3v) is 3.59. The Balaban J connectivity index is 1.68. The summed E-state index contributed by atoms with van der Waals surface area (Å²) in [5.41, 5.74) is 0.914. The van der Waals surface area contributed by atoms with Crippen LogP contribution in [-0.4, -0.2) is 44.2 Å². The predicted molar refractivity (Wildman–Crippen MR) is 74.6 cm³/mol. The number of benzene rings is 1. The van der Waals surface area contributed by atoms with Crippen molar-refractivity contribution in [3.63, 3.8) is 0 Å². The fourth-order valence-corrected chi connectivity index (χ4v) is 2.41. The molecule has 4 heteroatoms. The first-order chi connectivity index (χ1) is 9.28. The van der Waals surface area contributed by atoms with Gasteiger partial charge >= 0.3 is 0 Å². The number of piperidine rings is 1. The van der Waals surface area contributed by atoms with Crippen molar-refractivity contribution in [2.45, 2.75) is 25.6 Å². The first kappa shape index (κ1) is 14.4. The van der Waals surface area contributed by atoms with Crippen LogP contribution in [0.15, 0.2) is 24.3 Å². The maximum absolute atomic E-state index is 13.0. The first-order valence-electron chi connectivity index (χ1n) is 7.01. The Morgan fingerprint density at radius 3 is 2.84 bits per heavy atom. The number of nitrogens with zero attached hydrogens (tertiary/aromatic N) is 1. The number of likely N-dealkylation sites (tertiary alicyclic amines) is 1. The van der Waals surface area contributed by atoms with E-state index in [2.05, 4.69) is 10.2 Å². The molecule has 0 unspecified atom stereocenters. The normalized spacial score (nSPS) is 17.8. The highest BCUT2D eigenvalue weighted by molar-refractivity contribution is 5.15. The van der Waals surface area contributed by atoms with Crippen LogP contribution in [-0.2, 0) is 11.3 Å². The molecule has 0 aromatic heterocycles. The molecule has 3 nitrogen and oxygen atoms in total. The lowest BCUT2D eigenvalue weighted by Gasteiger charge is -2.31. The molecule has 1 aromatic carbocycles. The van der Waals surface area contributed by atoms with Crippen molar-refractivity contribution < 1.29 is 9.13 Å². The summed E-state index contributed by atoms with van der Waals surface area (Å²) in [6, 6.07) is 6.64. The van der Waals surface area contributed by atoms with Crippen LogP contribution < -0.4 is 5.32 Å². The van der Waals surface area contributed by atoms with Crippen molar-refractivity contribution in [3.05, 3.63) is 35.6 Å². The minimum absolute atomic E-state index is 0.192. The summed E-state index contributed by atoms with van der Waals surface area (Å²) in [4.78, 5) is 2.46. The highest BCUT2D eigenvalue weighted by Gasteiger charge is 2.19. The van der Waals surface area contributed by atoms with Gasteiger partial charge < -0.3 is 15.0 Å². The molecular weight excluding hydrogens is 243 g/mol. The SMILES string of the molecule is CNCCN1CCC(OCc2cccc(F)c2)CC1. The molecule has 1 aliphatic rings. The molecule has 106 valence electrons. The minimum Gasteiger partial charge on any atom is -0.373 e. The van der Waals surface area contributed by atoms with Crippen molar-refractivity contribution in [1.82, 2.24) is 10.2 Å². The van der Waals surface area contributed by atoms with Gasteiger partial charge in [-0.1, -0.05) is 12.1 Å². The van der Waals surface area contributed by atoms with Gasteiger partial charge in [-0.3, -0.25) is 0 Å². The number of nitrogens with one attached hydrogen (secondary N) is 1. The average molecular weight is 266 g/mol. The quantitative estimate of drug-likeness (QED) is 0.852. The van der Waals surface area contributed by atoms with Gasteiger partial charge in [0.2, 0.25) is 0 Å². The highest BCUT2D eigenvalue weighted by Crippen LogP contribution is 2.15. The molecule has 1 aromatic rings. The van der Waals surface area contributed by atoms with E-state index in [1.54, 1.807) is 12.1 Å². The third kappa shape index (κ3) is 4.90. The zero-order chi connectivity index (χ0) is 13.5. The van der Waals surface area contributed by atoms with Crippen molar-refractivity contribution >= 4 is 0 Å². The topological polar surface area (TPSA) is 24.5 Å². The largest absolute Gasteiger partial charge is 0.373 e. The van der Waals surface area contributed by atoms with Gasteiger partial charge in [0.15, 0.2) is 0 Å². The molecule has 0 aliphatic carbocycles. The zero-order valence-electron chi connectivity index (χ0n) is 11.6. The molecule has 0 saturated carbocycles. The van der Waals surface area contributed by atoms with E-state index in [0.29, 0.717) is 12.7 Å². The van der Waals surface area contributed by atoms with Crippen LogP contribution in [0.1, 0.15) is 18.4 Å². The lowest BCUT2D eigenvalue weighted by atomic mass is 10.1. The molecule has 0 amide bonds. The second-order valence-electron chi connectivity index (χ2n) is 5.09. The second kappa shape index (κ2) is 7.58. The maximum Gasteiger partial charge on any atom is 0.123 e. The molecule has 1 fully saturated rings. The van der Waals surface area contributed by atoms with Crippen LogP contribution in [0, 0.1) is 5.82 Å². The van der Waals surface area contributed by atoms with Crippen molar-refractivity contribution in [3.8, 4) is 0 Å². The van der Waals surface area contributed by atoms with Crippen LogP contribution in [0.4, 0.5) is 4.39 Å². The monoisotopic (exact) mass is 266 g/mol. The Morgan fingerprint density at radius 1 is 1.37 bits per heavy atom. The molecule has 0 spiro atoms. The Hall–Kier alpha value is -0.970. The van der Waals surface area contributed by atoms with Crippen LogP contribution in [0.2, 0.25) is 0 Å². The number of likely N-dealkylation sites (N-methyl/N-ethyl adjacent to an activating group) is 1. The fraction of sp³-hybridized carbons (Fsp3) is 0.600. The van der Waals surface area contributed by atoms with Crippen LogP contribution in [0.3, 0.4) is 0 Å². The average Bonchev–Trinajstić information content (AvgIpc) is 2.44. The summed E-state index contributed by atoms with van der Waals surface area (Å²) in [6.45, 7) is 4.84. The van der Waals surface area contributed by atoms with E-state index in [4.69, 9.17) is 4.74 Å². The molecule has 1 saturated heterocycles. The van der Waals surface area contributed by atoms with E-state index in [0.717, 1.165) is 44.6 Å². The number of hydrogen-bond acceptors (Lipinski definition) is 3. The Morgan fingerprint density at radius 2 is 2.16 bits per heavy atom. The molecule has 1 N–H and O–H groups in total. The van der Waals surface area contributed by atoms with Gasteiger partial charge in [-0.05, 0) is 37.6 Å². The van der Waals surface area contributed by atoms with Crippen molar-refractivity contribution in [1.29, 1.82) is 0 Å². The van der Waals surface area contributed by atoms with Crippen LogP contribution >= 0.6 is 0 Å². The van der Waals surface area contributed by atoms with E-state index in [-0.39, 0.29) is 5.82 Å². The van der Waals surface area contributed by atoms with E-state index in [9.17, 15) is 4.39 Å². The van der Waals surface area contributed by atoms with Gasteiger partial charge in [0.1, 0.15) is 5.82 Å². The lowest BCUT2D eigenvalue weighted by molar-refractivity contribution is -0.00217. The molecule has 2 rings (SSSR count). The molecule has 19 heavy (non-hydrogen) atoms. The molecule has 0 radical (unpaired) electrons. The maximum atomic E-state index is 13.0. The van der Waals surface area contributed by atoms with Gasteiger partial charge in [0, 0.05) is 26.2 Å². The van der Waals surface area contributed by atoms with E-state index in [1.807, 2.05) is 13.1 Å². The minimum atomic E-state index is -0.192. The van der Waals surface area contributed by atoms with Crippen LogP contribution in [0.5, 0.6) is 0 Å². The first-order valence-corrected chi connectivity index (χ1v) is 7.01. The van der Waals surface area contributed by atoms with E-state index < -0.39 is 0 Å². The molecule has 0 atom stereocenters. The molecule has 0 bridgehead atoms. The van der Waals surface area contributed by atoms with Crippen LogP contribution in [0.25, 0.3) is 0 Å². The van der Waals surface area contributed by atoms with E-state index in [1.165, 1.54) is 6.07 Å². The van der Waals surface area contributed by atoms with Crippen molar-refractivity contribution in [2.24, 2.45) is 0 Å². The summed E-state index contributed by atoms with van der Waals surface area (Å²) in [5.74, 6) is -0.192. The summed E-state index contributed by atoms with van der Waals surface area (Å²) < 4.78 is 18.9. The van der Waals surface area contributed by atoms with Crippen molar-refractivity contribution in [2.75, 3.05) is 33.2 Å². The van der Waals surface area contributed by atoms with Gasteiger partial charge in [-0.15, -0.1) is 0 Å². The Kier molecular flexibility index (Phi) is 5.76. The Labute approximate surface area is 114 Å². The zero-order valence-corrected chi connectivity index (χ0v) is 11.6.